The Morgan fingerprint density at radius 3 is 2.76 bits per heavy atom. The molecule has 1 aromatic heterocycles. The molecule has 0 radical (unpaired) electrons. The zero-order valence-electron chi connectivity index (χ0n) is 12.4. The quantitative estimate of drug-likeness (QED) is 0.672. The van der Waals surface area contributed by atoms with Crippen LogP contribution in [0.5, 0.6) is 0 Å². The number of hydrogen-bond donors (Lipinski definition) is 1. The zero-order chi connectivity index (χ0) is 15.7. The third kappa shape index (κ3) is 2.87. The first-order valence-electron chi connectivity index (χ1n) is 6.89. The second kappa shape index (κ2) is 5.77. The number of nitrogens with zero attached hydrogens (tertiary/aromatic N) is 3. The van der Waals surface area contributed by atoms with Gasteiger partial charge in [0, 0.05) is 29.9 Å². The van der Waals surface area contributed by atoms with Crippen LogP contribution in [0.4, 0.5) is 5.69 Å². The molecule has 2 rings (SSSR count). The van der Waals surface area contributed by atoms with Crippen LogP contribution in [0, 0.1) is 29.9 Å². The normalized spacial score (nSPS) is 22.4. The molecule has 0 bridgehead atoms. The number of pyridine rings is 1. The molecular weight excluding hydrogens is 274 g/mol. The van der Waals surface area contributed by atoms with Gasteiger partial charge in [-0.25, -0.2) is 0 Å². The summed E-state index contributed by atoms with van der Waals surface area (Å²) in [6.07, 6.45) is 2.11. The Hall–Kier alpha value is -2.02. The smallest absolute Gasteiger partial charge is 0.308 e. The average molecular weight is 293 g/mol. The molecule has 21 heavy (non-hydrogen) atoms. The van der Waals surface area contributed by atoms with Crippen LogP contribution in [0.25, 0.3) is 0 Å². The summed E-state index contributed by atoms with van der Waals surface area (Å²) in [7, 11) is 0. The number of rotatable bonds is 4. The van der Waals surface area contributed by atoms with Crippen LogP contribution in [0.1, 0.15) is 30.2 Å². The molecule has 1 aromatic rings. The van der Waals surface area contributed by atoms with Gasteiger partial charge in [0.2, 0.25) is 0 Å². The first kappa shape index (κ1) is 15.4. The van der Waals surface area contributed by atoms with Crippen molar-refractivity contribution >= 4 is 11.7 Å². The molecule has 0 spiro atoms. The highest BCUT2D eigenvalue weighted by atomic mass is 16.6. The van der Waals surface area contributed by atoms with E-state index in [1.165, 1.54) is 6.20 Å². The maximum absolute atomic E-state index is 11.1. The summed E-state index contributed by atoms with van der Waals surface area (Å²) in [4.78, 5) is 28.2. The fraction of sp³-hybridized carbons (Fsp3) is 0.571. The number of carboxylic acid groups (broad SMARTS) is 1. The highest BCUT2D eigenvalue weighted by molar-refractivity contribution is 5.71. The van der Waals surface area contributed by atoms with Crippen LogP contribution >= 0.6 is 0 Å². The first-order chi connectivity index (χ1) is 9.82. The third-order valence-corrected chi connectivity index (χ3v) is 4.31. The number of carboxylic acids is 1. The summed E-state index contributed by atoms with van der Waals surface area (Å²) < 4.78 is 0. The van der Waals surface area contributed by atoms with Gasteiger partial charge in [0.05, 0.1) is 16.5 Å². The molecule has 1 fully saturated rings. The summed E-state index contributed by atoms with van der Waals surface area (Å²) >= 11 is 0. The van der Waals surface area contributed by atoms with Gasteiger partial charge in [-0.15, -0.1) is 0 Å². The molecule has 1 saturated heterocycles. The van der Waals surface area contributed by atoms with Crippen LogP contribution in [0.3, 0.4) is 0 Å². The zero-order valence-corrected chi connectivity index (χ0v) is 12.4. The highest BCUT2D eigenvalue weighted by Crippen LogP contribution is 2.29. The maximum atomic E-state index is 11.1. The standard InChI is InChI=1S/C14H19N3O4/c1-8-6-15-12(9(2)13(8)17(20)21)7-16-5-4-11(10(16)3)14(18)19/h6,10-11H,4-5,7H2,1-3H3,(H,18,19). The van der Waals surface area contributed by atoms with Gasteiger partial charge in [0.15, 0.2) is 0 Å². The number of carbonyl (C=O) groups is 1. The van der Waals surface area contributed by atoms with Gasteiger partial charge in [-0.1, -0.05) is 0 Å². The van der Waals surface area contributed by atoms with Gasteiger partial charge >= 0.3 is 5.97 Å². The number of hydrogen-bond acceptors (Lipinski definition) is 5. The molecule has 1 aliphatic rings. The van der Waals surface area contributed by atoms with Crippen molar-refractivity contribution in [3.05, 3.63) is 33.1 Å². The lowest BCUT2D eigenvalue weighted by Gasteiger charge is -2.23. The van der Waals surface area contributed by atoms with Crippen LogP contribution in [0.15, 0.2) is 6.20 Å². The predicted octanol–water partition coefficient (Wildman–Crippen LogP) is 1.90. The number of nitro groups is 1. The second-order valence-electron chi connectivity index (χ2n) is 5.56. The van der Waals surface area contributed by atoms with Gasteiger partial charge in [-0.3, -0.25) is 24.8 Å². The Morgan fingerprint density at radius 1 is 1.57 bits per heavy atom. The summed E-state index contributed by atoms with van der Waals surface area (Å²) in [6, 6.07) is -0.0935. The van der Waals surface area contributed by atoms with Crippen molar-refractivity contribution in [3.8, 4) is 0 Å². The van der Waals surface area contributed by atoms with Crippen LogP contribution in [-0.2, 0) is 11.3 Å². The summed E-state index contributed by atoms with van der Waals surface area (Å²) in [6.45, 7) is 6.35. The van der Waals surface area contributed by atoms with Gasteiger partial charge < -0.3 is 5.11 Å². The molecule has 1 aliphatic heterocycles. The predicted molar refractivity (Wildman–Crippen MR) is 76.0 cm³/mol. The molecule has 2 heterocycles. The molecule has 0 aliphatic carbocycles. The Balaban J connectivity index is 2.24. The monoisotopic (exact) mass is 293 g/mol. The lowest BCUT2D eigenvalue weighted by Crippen LogP contribution is -2.33. The minimum Gasteiger partial charge on any atom is -0.481 e. The van der Waals surface area contributed by atoms with Crippen molar-refractivity contribution in [2.45, 2.75) is 39.8 Å². The van der Waals surface area contributed by atoms with E-state index < -0.39 is 5.97 Å². The largest absolute Gasteiger partial charge is 0.481 e. The highest BCUT2D eigenvalue weighted by Gasteiger charge is 2.36. The third-order valence-electron chi connectivity index (χ3n) is 4.31. The minimum atomic E-state index is -0.787. The van der Waals surface area contributed by atoms with Gasteiger partial charge in [0.1, 0.15) is 0 Å². The van der Waals surface area contributed by atoms with E-state index in [0.29, 0.717) is 36.3 Å². The molecule has 1 N–H and O–H groups in total. The lowest BCUT2D eigenvalue weighted by atomic mass is 10.0. The first-order valence-corrected chi connectivity index (χ1v) is 6.89. The van der Waals surface area contributed by atoms with Gasteiger partial charge in [-0.2, -0.15) is 0 Å². The summed E-state index contributed by atoms with van der Waals surface area (Å²) in [5.41, 5.74) is 1.84. The van der Waals surface area contributed by atoms with E-state index in [4.69, 9.17) is 5.11 Å². The fourth-order valence-electron chi connectivity index (χ4n) is 2.95. The molecular formula is C14H19N3O4. The SMILES string of the molecule is Cc1cnc(CN2CCC(C(=O)O)C2C)c(C)c1[N+](=O)[O-]. The van der Waals surface area contributed by atoms with Crippen molar-refractivity contribution in [2.24, 2.45) is 5.92 Å². The van der Waals surface area contributed by atoms with E-state index in [1.807, 2.05) is 11.8 Å². The maximum Gasteiger partial charge on any atom is 0.308 e. The molecule has 0 saturated carbocycles. The number of aryl methyl sites for hydroxylation is 1. The molecule has 114 valence electrons. The Morgan fingerprint density at radius 2 is 2.24 bits per heavy atom. The van der Waals surface area contributed by atoms with Crippen molar-refractivity contribution in [1.29, 1.82) is 0 Å². The van der Waals surface area contributed by atoms with Crippen molar-refractivity contribution in [3.63, 3.8) is 0 Å². The molecule has 7 nitrogen and oxygen atoms in total. The fourth-order valence-corrected chi connectivity index (χ4v) is 2.95. The molecule has 2 unspecified atom stereocenters. The van der Waals surface area contributed by atoms with Crippen molar-refractivity contribution in [1.82, 2.24) is 9.88 Å². The van der Waals surface area contributed by atoms with Crippen molar-refractivity contribution < 1.29 is 14.8 Å². The van der Waals surface area contributed by atoms with E-state index in [2.05, 4.69) is 4.98 Å². The molecule has 2 atom stereocenters. The lowest BCUT2D eigenvalue weighted by molar-refractivity contribution is -0.386. The number of aliphatic carboxylic acids is 1. The molecule has 7 heteroatoms. The second-order valence-corrected chi connectivity index (χ2v) is 5.56. The van der Waals surface area contributed by atoms with E-state index in [1.54, 1.807) is 13.8 Å². The summed E-state index contributed by atoms with van der Waals surface area (Å²) in [5, 5.41) is 20.3. The Labute approximate surface area is 122 Å². The van der Waals surface area contributed by atoms with E-state index in [0.717, 1.165) is 0 Å². The summed E-state index contributed by atoms with van der Waals surface area (Å²) in [5.74, 6) is -1.17. The topological polar surface area (TPSA) is 96.6 Å². The van der Waals surface area contributed by atoms with Crippen LogP contribution < -0.4 is 0 Å². The Bertz CT molecular complexity index is 588. The Kier molecular flexibility index (Phi) is 4.22. The van der Waals surface area contributed by atoms with Crippen LogP contribution in [0.2, 0.25) is 0 Å². The van der Waals surface area contributed by atoms with Gasteiger partial charge in [0.25, 0.3) is 5.69 Å². The number of likely N-dealkylation sites (tertiary alicyclic amines) is 1. The molecule has 0 aromatic carbocycles. The minimum absolute atomic E-state index is 0.0935. The van der Waals surface area contributed by atoms with Crippen molar-refractivity contribution in [2.75, 3.05) is 6.54 Å². The average Bonchev–Trinajstić information content (AvgIpc) is 2.74. The van der Waals surface area contributed by atoms with E-state index in [-0.39, 0.29) is 22.6 Å². The van der Waals surface area contributed by atoms with Gasteiger partial charge in [-0.05, 0) is 33.7 Å². The number of aromatic nitrogens is 1. The van der Waals surface area contributed by atoms with E-state index in [9.17, 15) is 14.9 Å². The van der Waals surface area contributed by atoms with Crippen LogP contribution in [-0.4, -0.2) is 38.5 Å². The molecule has 0 amide bonds. The van der Waals surface area contributed by atoms with E-state index >= 15 is 0 Å².